The molecule has 2 atom stereocenters. The highest BCUT2D eigenvalue weighted by Crippen LogP contribution is 2.49. The van der Waals surface area contributed by atoms with Gasteiger partial charge in [0.05, 0.1) is 28.4 Å². The number of hydrogen-bond donors (Lipinski definition) is 0. The average Bonchev–Trinajstić information content (AvgIpc) is 2.85. The molecule has 2 aliphatic heterocycles. The topological polar surface area (TPSA) is 40.2 Å². The van der Waals surface area contributed by atoms with Crippen molar-refractivity contribution in [1.82, 2.24) is 4.90 Å². The van der Waals surface area contributed by atoms with Crippen LogP contribution in [-0.4, -0.2) is 33.3 Å². The zero-order valence-electron chi connectivity index (χ0n) is 20.0. The number of hydrogen-bond acceptors (Lipinski definition) is 5. The lowest BCUT2D eigenvalue weighted by Gasteiger charge is -2.47. The Bertz CT molecular complexity index is 1170. The van der Waals surface area contributed by atoms with Crippen LogP contribution < -0.4 is 18.9 Å². The van der Waals surface area contributed by atoms with Gasteiger partial charge in [0.1, 0.15) is 0 Å². The maximum absolute atomic E-state index is 5.66. The molecular formula is C28H31NO4. The molecule has 0 radical (unpaired) electrons. The van der Waals surface area contributed by atoms with E-state index in [2.05, 4.69) is 60.4 Å². The van der Waals surface area contributed by atoms with Crippen LogP contribution in [0.2, 0.25) is 0 Å². The van der Waals surface area contributed by atoms with Crippen molar-refractivity contribution >= 4 is 0 Å². The highest BCUT2D eigenvalue weighted by molar-refractivity contribution is 5.53. The van der Waals surface area contributed by atoms with Gasteiger partial charge >= 0.3 is 0 Å². The van der Waals surface area contributed by atoms with Crippen LogP contribution in [0.4, 0.5) is 0 Å². The van der Waals surface area contributed by atoms with E-state index in [1.54, 1.807) is 28.4 Å². The van der Waals surface area contributed by atoms with Gasteiger partial charge in [0.15, 0.2) is 23.0 Å². The molecule has 3 aromatic rings. The molecule has 33 heavy (non-hydrogen) atoms. The molecule has 0 saturated carbocycles. The lowest BCUT2D eigenvalue weighted by molar-refractivity contribution is 0.0948. The summed E-state index contributed by atoms with van der Waals surface area (Å²) in [6.07, 6.45) is 1.83. The molecule has 2 aliphatic rings. The van der Waals surface area contributed by atoms with Crippen LogP contribution in [0, 0.1) is 6.92 Å². The predicted molar refractivity (Wildman–Crippen MR) is 129 cm³/mol. The first kappa shape index (κ1) is 21.7. The van der Waals surface area contributed by atoms with Crippen LogP contribution in [0.1, 0.15) is 45.5 Å². The Labute approximate surface area is 195 Å². The van der Waals surface area contributed by atoms with Gasteiger partial charge in [-0.25, -0.2) is 0 Å². The molecule has 0 aliphatic carbocycles. The van der Waals surface area contributed by atoms with Crippen LogP contribution in [0.25, 0.3) is 0 Å². The molecule has 2 heterocycles. The Hall–Kier alpha value is -3.18. The highest BCUT2D eigenvalue weighted by Gasteiger charge is 2.39. The van der Waals surface area contributed by atoms with Crippen molar-refractivity contribution in [3.8, 4) is 23.0 Å². The van der Waals surface area contributed by atoms with Crippen LogP contribution >= 0.6 is 0 Å². The minimum atomic E-state index is 0.241. The van der Waals surface area contributed by atoms with E-state index < -0.39 is 0 Å². The van der Waals surface area contributed by atoms with E-state index in [1.807, 2.05) is 0 Å². The molecule has 172 valence electrons. The first-order chi connectivity index (χ1) is 16.1. The summed E-state index contributed by atoms with van der Waals surface area (Å²) in [6.45, 7) is 2.99. The van der Waals surface area contributed by atoms with Gasteiger partial charge in [-0.05, 0) is 71.8 Å². The van der Waals surface area contributed by atoms with Crippen molar-refractivity contribution in [2.75, 3.05) is 28.4 Å². The van der Waals surface area contributed by atoms with E-state index in [-0.39, 0.29) is 12.1 Å². The van der Waals surface area contributed by atoms with Gasteiger partial charge in [-0.3, -0.25) is 4.90 Å². The number of methoxy groups -OCH3 is 4. The summed E-state index contributed by atoms with van der Waals surface area (Å²) in [5, 5.41) is 0. The Morgan fingerprint density at radius 1 is 0.636 bits per heavy atom. The summed E-state index contributed by atoms with van der Waals surface area (Å²) in [7, 11) is 6.79. The van der Waals surface area contributed by atoms with Gasteiger partial charge in [0, 0.05) is 18.6 Å². The van der Waals surface area contributed by atoms with Gasteiger partial charge in [-0.1, -0.05) is 29.8 Å². The van der Waals surface area contributed by atoms with Crippen LogP contribution in [0.5, 0.6) is 23.0 Å². The first-order valence-corrected chi connectivity index (χ1v) is 11.4. The second kappa shape index (κ2) is 8.64. The first-order valence-electron chi connectivity index (χ1n) is 11.4. The molecule has 5 heteroatoms. The second-order valence-electron chi connectivity index (χ2n) is 8.90. The van der Waals surface area contributed by atoms with E-state index >= 15 is 0 Å². The van der Waals surface area contributed by atoms with E-state index in [1.165, 1.54) is 33.4 Å². The maximum Gasteiger partial charge on any atom is 0.161 e. The van der Waals surface area contributed by atoms with Gasteiger partial charge in [0.25, 0.3) is 0 Å². The lowest BCUT2D eigenvalue weighted by atomic mass is 9.79. The van der Waals surface area contributed by atoms with E-state index in [0.717, 1.165) is 42.4 Å². The summed E-state index contributed by atoms with van der Waals surface area (Å²) >= 11 is 0. The quantitative estimate of drug-likeness (QED) is 0.524. The smallest absolute Gasteiger partial charge is 0.161 e. The molecule has 5 rings (SSSR count). The van der Waals surface area contributed by atoms with Crippen molar-refractivity contribution in [1.29, 1.82) is 0 Å². The number of rotatable bonds is 5. The van der Waals surface area contributed by atoms with Gasteiger partial charge in [-0.2, -0.15) is 0 Å². The fourth-order valence-corrected chi connectivity index (χ4v) is 5.40. The molecule has 0 fully saturated rings. The van der Waals surface area contributed by atoms with Crippen molar-refractivity contribution in [3.63, 3.8) is 0 Å². The van der Waals surface area contributed by atoms with Gasteiger partial charge < -0.3 is 18.9 Å². The largest absolute Gasteiger partial charge is 0.493 e. The van der Waals surface area contributed by atoms with Crippen molar-refractivity contribution in [2.45, 2.75) is 38.4 Å². The molecule has 5 nitrogen and oxygen atoms in total. The maximum atomic E-state index is 5.66. The number of ether oxygens (including phenoxy) is 4. The normalized spacial score (nSPS) is 19.2. The van der Waals surface area contributed by atoms with Crippen LogP contribution in [0.3, 0.4) is 0 Å². The summed E-state index contributed by atoms with van der Waals surface area (Å²) in [4.78, 5) is 2.63. The van der Waals surface area contributed by atoms with Crippen molar-refractivity contribution in [2.24, 2.45) is 0 Å². The Balaban J connectivity index is 1.65. The number of nitrogens with zero attached hydrogens (tertiary/aromatic N) is 1. The standard InChI is InChI=1S/C28H31NO4/c1-17-6-8-18(9-7-17)23-11-20-13-26(31-3)28(33-5)15-22(20)24-10-19-12-25(30-2)27(32-4)14-21(19)16-29(23)24/h6-9,12-15,23-24H,10-11,16H2,1-5H3. The van der Waals surface area contributed by atoms with Gasteiger partial charge in [-0.15, -0.1) is 0 Å². The summed E-state index contributed by atoms with van der Waals surface area (Å²) in [5.41, 5.74) is 7.86. The molecular weight excluding hydrogens is 414 g/mol. The lowest BCUT2D eigenvalue weighted by Crippen LogP contribution is -2.41. The van der Waals surface area contributed by atoms with Crippen molar-refractivity contribution < 1.29 is 18.9 Å². The zero-order valence-corrected chi connectivity index (χ0v) is 20.0. The molecule has 0 amide bonds. The fourth-order valence-electron chi connectivity index (χ4n) is 5.40. The van der Waals surface area contributed by atoms with Gasteiger partial charge in [0.2, 0.25) is 0 Å². The minimum Gasteiger partial charge on any atom is -0.493 e. The van der Waals surface area contributed by atoms with Crippen LogP contribution in [0.15, 0.2) is 48.5 Å². The molecule has 0 aromatic heterocycles. The fraction of sp³-hybridized carbons (Fsp3) is 0.357. The highest BCUT2D eigenvalue weighted by atomic mass is 16.5. The molecule has 2 unspecified atom stereocenters. The van der Waals surface area contributed by atoms with E-state index in [0.29, 0.717) is 0 Å². The second-order valence-corrected chi connectivity index (χ2v) is 8.90. The molecule has 0 saturated heterocycles. The third-order valence-corrected chi connectivity index (χ3v) is 7.15. The Morgan fingerprint density at radius 2 is 1.15 bits per heavy atom. The Kier molecular flexibility index (Phi) is 5.67. The summed E-state index contributed by atoms with van der Waals surface area (Å²) < 4.78 is 22.5. The van der Waals surface area contributed by atoms with Crippen molar-refractivity contribution in [3.05, 3.63) is 81.9 Å². The predicted octanol–water partition coefficient (Wildman–Crippen LogP) is 5.43. The third kappa shape index (κ3) is 3.70. The monoisotopic (exact) mass is 445 g/mol. The number of fused-ring (bicyclic) bond motifs is 4. The molecule has 0 bridgehead atoms. The van der Waals surface area contributed by atoms with Crippen LogP contribution in [-0.2, 0) is 19.4 Å². The number of aryl methyl sites for hydroxylation is 1. The minimum absolute atomic E-state index is 0.241. The zero-order chi connectivity index (χ0) is 23.1. The molecule has 0 N–H and O–H groups in total. The summed E-state index contributed by atoms with van der Waals surface area (Å²) in [6, 6.07) is 18.1. The van der Waals surface area contributed by atoms with E-state index in [4.69, 9.17) is 18.9 Å². The average molecular weight is 446 g/mol. The molecule has 0 spiro atoms. The SMILES string of the molecule is COc1cc2c(cc1OC)CN1C(c3ccc(C)cc3)Cc3cc(OC)c(OC)cc3C1C2. The number of benzene rings is 3. The third-order valence-electron chi connectivity index (χ3n) is 7.15. The van der Waals surface area contributed by atoms with E-state index in [9.17, 15) is 0 Å². The summed E-state index contributed by atoms with van der Waals surface area (Å²) in [5.74, 6) is 3.13. The molecule has 3 aromatic carbocycles. The Morgan fingerprint density at radius 3 is 1.76 bits per heavy atom.